The number of urea groups is 1. The van der Waals surface area contributed by atoms with Crippen LogP contribution < -0.4 is 15.5 Å². The van der Waals surface area contributed by atoms with E-state index in [1.165, 1.54) is 5.56 Å². The zero-order valence-corrected chi connectivity index (χ0v) is 15.9. The van der Waals surface area contributed by atoms with Crippen molar-refractivity contribution in [3.05, 3.63) is 59.4 Å². The van der Waals surface area contributed by atoms with Gasteiger partial charge in [0.25, 0.3) is 5.91 Å². The molecular formula is C21H24N4O3. The number of nitrogens with one attached hydrogen (secondary N) is 2. The maximum Gasteiger partial charge on any atom is 0.322 e. The molecule has 0 bridgehead atoms. The summed E-state index contributed by atoms with van der Waals surface area (Å²) in [5.41, 5.74) is 3.48. The third kappa shape index (κ3) is 3.84. The Morgan fingerprint density at radius 2 is 2.11 bits per heavy atom. The van der Waals surface area contributed by atoms with E-state index >= 15 is 0 Å². The lowest BCUT2D eigenvalue weighted by molar-refractivity contribution is 0.0925. The topological polar surface area (TPSA) is 83.6 Å². The molecule has 7 heteroatoms. The van der Waals surface area contributed by atoms with Crippen molar-refractivity contribution in [1.82, 2.24) is 15.6 Å². The van der Waals surface area contributed by atoms with Gasteiger partial charge in [0, 0.05) is 42.7 Å². The van der Waals surface area contributed by atoms with Crippen molar-refractivity contribution in [3.8, 4) is 0 Å². The summed E-state index contributed by atoms with van der Waals surface area (Å²) in [6.07, 6.45) is 4.39. The van der Waals surface area contributed by atoms with Crippen molar-refractivity contribution >= 4 is 17.6 Å². The van der Waals surface area contributed by atoms with E-state index < -0.39 is 0 Å². The Hall–Kier alpha value is -2.93. The van der Waals surface area contributed by atoms with Crippen molar-refractivity contribution in [3.63, 3.8) is 0 Å². The summed E-state index contributed by atoms with van der Waals surface area (Å²) in [4.78, 5) is 30.6. The van der Waals surface area contributed by atoms with Crippen molar-refractivity contribution in [2.75, 3.05) is 31.2 Å². The van der Waals surface area contributed by atoms with Gasteiger partial charge in [-0.2, -0.15) is 0 Å². The number of hydrogen-bond acceptors (Lipinski definition) is 4. The molecule has 0 radical (unpaired) electrons. The van der Waals surface area contributed by atoms with Crippen molar-refractivity contribution < 1.29 is 14.3 Å². The minimum atomic E-state index is -0.143. The summed E-state index contributed by atoms with van der Waals surface area (Å²) in [6, 6.07) is 9.30. The third-order valence-electron chi connectivity index (χ3n) is 5.38. The van der Waals surface area contributed by atoms with Crippen LogP contribution in [0.2, 0.25) is 0 Å². The van der Waals surface area contributed by atoms with Crippen LogP contribution >= 0.6 is 0 Å². The Balaban J connectivity index is 1.46. The largest absolute Gasteiger partial charge is 0.379 e. The van der Waals surface area contributed by atoms with Crippen LogP contribution in [0.3, 0.4) is 0 Å². The molecule has 28 heavy (non-hydrogen) atoms. The quantitative estimate of drug-likeness (QED) is 0.830. The average Bonchev–Trinajstić information content (AvgIpc) is 3.32. The fourth-order valence-electron chi connectivity index (χ4n) is 3.78. The average molecular weight is 380 g/mol. The molecule has 2 aliphatic rings. The van der Waals surface area contributed by atoms with E-state index in [0.29, 0.717) is 31.9 Å². The molecule has 3 amide bonds. The van der Waals surface area contributed by atoms with Crippen LogP contribution in [-0.2, 0) is 11.2 Å². The van der Waals surface area contributed by atoms with Crippen molar-refractivity contribution in [1.29, 1.82) is 0 Å². The fourth-order valence-corrected chi connectivity index (χ4v) is 3.78. The maximum atomic E-state index is 12.9. The van der Waals surface area contributed by atoms with E-state index in [0.717, 1.165) is 17.7 Å². The SMILES string of the molecule is Cc1ccc(C(=O)N[C@H]2COC[C@H]2Cc2ccncc2)cc1N1CCNC1=O. The number of carbonyl (C=O) groups excluding carboxylic acids is 2. The van der Waals surface area contributed by atoms with Gasteiger partial charge in [-0.25, -0.2) is 4.79 Å². The van der Waals surface area contributed by atoms with Crippen LogP contribution in [0.15, 0.2) is 42.7 Å². The number of aromatic nitrogens is 1. The molecule has 2 aliphatic heterocycles. The third-order valence-corrected chi connectivity index (χ3v) is 5.38. The van der Waals surface area contributed by atoms with Gasteiger partial charge in [0.1, 0.15) is 0 Å². The second kappa shape index (κ2) is 7.98. The number of ether oxygens (including phenoxy) is 1. The van der Waals surface area contributed by atoms with Crippen LogP contribution in [0.4, 0.5) is 10.5 Å². The van der Waals surface area contributed by atoms with Gasteiger partial charge in [0.15, 0.2) is 0 Å². The van der Waals surface area contributed by atoms with Gasteiger partial charge in [-0.15, -0.1) is 0 Å². The number of nitrogens with zero attached hydrogens (tertiary/aromatic N) is 2. The van der Waals surface area contributed by atoms with Crippen molar-refractivity contribution in [2.24, 2.45) is 5.92 Å². The smallest absolute Gasteiger partial charge is 0.322 e. The summed E-state index contributed by atoms with van der Waals surface area (Å²) in [7, 11) is 0. The molecule has 0 aliphatic carbocycles. The normalized spacial score (nSPS) is 21.6. The van der Waals surface area contributed by atoms with E-state index in [-0.39, 0.29) is 23.9 Å². The van der Waals surface area contributed by atoms with Gasteiger partial charge >= 0.3 is 6.03 Å². The summed E-state index contributed by atoms with van der Waals surface area (Å²) >= 11 is 0. The van der Waals surface area contributed by atoms with Crippen LogP contribution in [0.25, 0.3) is 0 Å². The lowest BCUT2D eigenvalue weighted by atomic mass is 9.95. The van der Waals surface area contributed by atoms with Gasteiger partial charge in [0.2, 0.25) is 0 Å². The summed E-state index contributed by atoms with van der Waals surface area (Å²) in [5.74, 6) is 0.0803. The van der Waals surface area contributed by atoms with Gasteiger partial charge in [-0.05, 0) is 48.7 Å². The highest BCUT2D eigenvalue weighted by Crippen LogP contribution is 2.24. The minimum absolute atomic E-state index is 0.0412. The minimum Gasteiger partial charge on any atom is -0.379 e. The van der Waals surface area contributed by atoms with E-state index in [9.17, 15) is 9.59 Å². The van der Waals surface area contributed by atoms with Gasteiger partial charge in [-0.1, -0.05) is 6.07 Å². The Kier molecular flexibility index (Phi) is 5.25. The Bertz CT molecular complexity index is 871. The highest BCUT2D eigenvalue weighted by Gasteiger charge is 2.30. The molecular weight excluding hydrogens is 356 g/mol. The van der Waals surface area contributed by atoms with E-state index in [4.69, 9.17) is 4.74 Å². The molecule has 1 aromatic carbocycles. The molecule has 0 spiro atoms. The first-order chi connectivity index (χ1) is 13.6. The molecule has 4 rings (SSSR count). The van der Waals surface area contributed by atoms with Crippen LogP contribution in [-0.4, -0.2) is 49.3 Å². The predicted octanol–water partition coefficient (Wildman–Crippen LogP) is 1.91. The first-order valence-corrected chi connectivity index (χ1v) is 9.55. The predicted molar refractivity (Wildman–Crippen MR) is 105 cm³/mol. The number of amides is 3. The molecule has 0 saturated carbocycles. The number of carbonyl (C=O) groups is 2. The van der Waals surface area contributed by atoms with E-state index in [1.54, 1.807) is 29.4 Å². The highest BCUT2D eigenvalue weighted by atomic mass is 16.5. The Labute approximate surface area is 164 Å². The molecule has 1 aromatic heterocycles. The second-order valence-electron chi connectivity index (χ2n) is 7.32. The first kappa shape index (κ1) is 18.4. The number of aryl methyl sites for hydroxylation is 1. The second-order valence-corrected chi connectivity index (χ2v) is 7.32. The first-order valence-electron chi connectivity index (χ1n) is 9.55. The van der Waals surface area contributed by atoms with Gasteiger partial charge < -0.3 is 15.4 Å². The summed E-state index contributed by atoms with van der Waals surface area (Å²) in [6.45, 7) is 4.30. The lowest BCUT2D eigenvalue weighted by Crippen LogP contribution is -2.40. The molecule has 2 atom stereocenters. The number of rotatable bonds is 5. The highest BCUT2D eigenvalue weighted by molar-refractivity contribution is 5.99. The lowest BCUT2D eigenvalue weighted by Gasteiger charge is -2.21. The van der Waals surface area contributed by atoms with E-state index in [2.05, 4.69) is 15.6 Å². The zero-order valence-electron chi connectivity index (χ0n) is 15.9. The molecule has 2 fully saturated rings. The number of pyridine rings is 1. The zero-order chi connectivity index (χ0) is 19.5. The molecule has 7 nitrogen and oxygen atoms in total. The molecule has 2 saturated heterocycles. The molecule has 2 aromatic rings. The Morgan fingerprint density at radius 3 is 2.86 bits per heavy atom. The summed E-state index contributed by atoms with van der Waals surface area (Å²) < 4.78 is 5.63. The molecule has 0 unspecified atom stereocenters. The standard InChI is InChI=1S/C21H24N4O3/c1-14-2-3-16(11-19(14)25-9-8-23-21(25)27)20(26)24-18-13-28-12-17(18)10-15-4-6-22-7-5-15/h2-7,11,17-18H,8-10,12-13H2,1H3,(H,23,27)(H,24,26)/t17-,18+/m1/s1. The van der Waals surface area contributed by atoms with Gasteiger partial charge in [-0.3, -0.25) is 14.7 Å². The van der Waals surface area contributed by atoms with Crippen molar-refractivity contribution in [2.45, 2.75) is 19.4 Å². The Morgan fingerprint density at radius 1 is 1.29 bits per heavy atom. The molecule has 146 valence electrons. The molecule has 3 heterocycles. The van der Waals surface area contributed by atoms with Crippen LogP contribution in [0, 0.1) is 12.8 Å². The van der Waals surface area contributed by atoms with Crippen LogP contribution in [0.1, 0.15) is 21.5 Å². The van der Waals surface area contributed by atoms with Crippen LogP contribution in [0.5, 0.6) is 0 Å². The number of anilines is 1. The number of hydrogen-bond donors (Lipinski definition) is 2. The number of benzene rings is 1. The fraction of sp³-hybridized carbons (Fsp3) is 0.381. The summed E-state index contributed by atoms with van der Waals surface area (Å²) in [5, 5.41) is 5.91. The van der Waals surface area contributed by atoms with E-state index in [1.807, 2.05) is 25.1 Å². The maximum absolute atomic E-state index is 12.9. The monoisotopic (exact) mass is 380 g/mol. The molecule has 2 N–H and O–H groups in total. The van der Waals surface area contributed by atoms with Gasteiger partial charge in [0.05, 0.1) is 19.3 Å².